The molecule has 15 heavy (non-hydrogen) atoms. The van der Waals surface area contributed by atoms with Gasteiger partial charge in [0.15, 0.2) is 0 Å². The maximum Gasteiger partial charge on any atom is 0.144 e. The van der Waals surface area contributed by atoms with Crippen molar-refractivity contribution < 1.29 is 4.74 Å². The van der Waals surface area contributed by atoms with E-state index in [9.17, 15) is 0 Å². The molecule has 2 heteroatoms. The van der Waals surface area contributed by atoms with Crippen molar-refractivity contribution in [1.82, 2.24) is 0 Å². The molecular weight excluding hydrogens is 186 g/mol. The van der Waals surface area contributed by atoms with Gasteiger partial charge in [0.2, 0.25) is 0 Å². The van der Waals surface area contributed by atoms with Crippen LogP contribution in [0.1, 0.15) is 18.1 Å². The van der Waals surface area contributed by atoms with Crippen LogP contribution in [0, 0.1) is 13.8 Å². The van der Waals surface area contributed by atoms with E-state index in [4.69, 9.17) is 4.74 Å². The highest BCUT2D eigenvalue weighted by molar-refractivity contribution is 5.95. The summed E-state index contributed by atoms with van der Waals surface area (Å²) in [5, 5.41) is 0. The zero-order valence-corrected chi connectivity index (χ0v) is 9.79. The first kappa shape index (κ1) is 11.5. The second-order valence-electron chi connectivity index (χ2n) is 3.52. The van der Waals surface area contributed by atoms with Gasteiger partial charge in [0.1, 0.15) is 11.4 Å². The van der Waals surface area contributed by atoms with Crippen molar-refractivity contribution in [3.8, 4) is 5.75 Å². The molecule has 0 aliphatic rings. The lowest BCUT2D eigenvalue weighted by Crippen LogP contribution is -1.91. The van der Waals surface area contributed by atoms with Gasteiger partial charge in [-0.2, -0.15) is 0 Å². The third-order valence-electron chi connectivity index (χ3n) is 2.47. The van der Waals surface area contributed by atoms with E-state index in [0.29, 0.717) is 0 Å². The molecule has 0 spiro atoms. The van der Waals surface area contributed by atoms with Gasteiger partial charge in [-0.05, 0) is 44.0 Å². The van der Waals surface area contributed by atoms with Crippen LogP contribution in [0.3, 0.4) is 0 Å². The Morgan fingerprint density at radius 2 is 2.07 bits per heavy atom. The molecule has 1 rings (SSSR count). The minimum Gasteiger partial charge on any atom is -0.494 e. The quantitative estimate of drug-likeness (QED) is 0.688. The number of nitrogens with zero attached hydrogens (tertiary/aromatic N) is 1. The summed E-state index contributed by atoms with van der Waals surface area (Å²) in [6.07, 6.45) is 1.74. The first-order valence-corrected chi connectivity index (χ1v) is 4.92. The standard InChI is InChI=1S/C13H17NO/c1-6-10(3)14-13-11(4)9(2)7-8-12(13)15-5/h6-8H,1H2,2-5H3. The van der Waals surface area contributed by atoms with Gasteiger partial charge in [-0.25, -0.2) is 4.99 Å². The van der Waals surface area contributed by atoms with Gasteiger partial charge in [0, 0.05) is 5.71 Å². The molecule has 0 radical (unpaired) electrons. The van der Waals surface area contributed by atoms with E-state index in [1.54, 1.807) is 13.2 Å². The number of hydrogen-bond donors (Lipinski definition) is 0. The lowest BCUT2D eigenvalue weighted by Gasteiger charge is -2.10. The van der Waals surface area contributed by atoms with Crippen LogP contribution in [0.5, 0.6) is 5.75 Å². The Labute approximate surface area is 91.3 Å². The van der Waals surface area contributed by atoms with E-state index in [0.717, 1.165) is 22.7 Å². The van der Waals surface area contributed by atoms with Crippen LogP contribution < -0.4 is 4.74 Å². The first-order valence-electron chi connectivity index (χ1n) is 4.92. The molecule has 0 N–H and O–H groups in total. The SMILES string of the molecule is C=CC(C)=Nc1c(OC)ccc(C)c1C. The number of rotatable bonds is 3. The maximum atomic E-state index is 5.29. The summed E-state index contributed by atoms with van der Waals surface area (Å²) < 4.78 is 5.29. The number of benzene rings is 1. The van der Waals surface area contributed by atoms with Gasteiger partial charge in [0.05, 0.1) is 7.11 Å². The second-order valence-corrected chi connectivity index (χ2v) is 3.52. The lowest BCUT2D eigenvalue weighted by molar-refractivity contribution is 0.416. The molecule has 0 saturated heterocycles. The van der Waals surface area contributed by atoms with E-state index in [1.807, 2.05) is 26.0 Å². The van der Waals surface area contributed by atoms with Gasteiger partial charge in [-0.1, -0.05) is 12.6 Å². The highest BCUT2D eigenvalue weighted by Crippen LogP contribution is 2.33. The molecule has 0 aliphatic heterocycles. The minimum atomic E-state index is 0.805. The molecule has 0 amide bonds. The highest BCUT2D eigenvalue weighted by atomic mass is 16.5. The smallest absolute Gasteiger partial charge is 0.144 e. The minimum absolute atomic E-state index is 0.805. The Kier molecular flexibility index (Phi) is 3.67. The van der Waals surface area contributed by atoms with Crippen molar-refractivity contribution in [3.63, 3.8) is 0 Å². The third-order valence-corrected chi connectivity index (χ3v) is 2.47. The van der Waals surface area contributed by atoms with Crippen molar-refractivity contribution in [2.24, 2.45) is 4.99 Å². The Morgan fingerprint density at radius 1 is 1.40 bits per heavy atom. The third kappa shape index (κ3) is 2.46. The lowest BCUT2D eigenvalue weighted by atomic mass is 10.1. The summed E-state index contributed by atoms with van der Waals surface area (Å²) in [7, 11) is 1.66. The van der Waals surface area contributed by atoms with Crippen LogP contribution in [-0.4, -0.2) is 12.8 Å². The highest BCUT2D eigenvalue weighted by Gasteiger charge is 2.07. The molecule has 0 saturated carbocycles. The molecule has 0 unspecified atom stereocenters. The van der Waals surface area contributed by atoms with Gasteiger partial charge in [0.25, 0.3) is 0 Å². The van der Waals surface area contributed by atoms with Crippen molar-refractivity contribution in [3.05, 3.63) is 35.9 Å². The van der Waals surface area contributed by atoms with Gasteiger partial charge in [-0.15, -0.1) is 0 Å². The van der Waals surface area contributed by atoms with E-state index in [-0.39, 0.29) is 0 Å². The molecule has 0 fully saturated rings. The average molecular weight is 203 g/mol. The number of hydrogen-bond acceptors (Lipinski definition) is 2. The molecule has 1 aromatic rings. The van der Waals surface area contributed by atoms with E-state index in [2.05, 4.69) is 18.5 Å². The number of ether oxygens (including phenoxy) is 1. The fourth-order valence-electron chi connectivity index (χ4n) is 1.30. The topological polar surface area (TPSA) is 21.6 Å². The Morgan fingerprint density at radius 3 is 2.60 bits per heavy atom. The van der Waals surface area contributed by atoms with Crippen molar-refractivity contribution in [2.75, 3.05) is 7.11 Å². The van der Waals surface area contributed by atoms with Crippen LogP contribution >= 0.6 is 0 Å². The maximum absolute atomic E-state index is 5.29. The Hall–Kier alpha value is -1.57. The molecule has 1 aromatic carbocycles. The van der Waals surface area contributed by atoms with Crippen molar-refractivity contribution >= 4 is 11.4 Å². The zero-order chi connectivity index (χ0) is 11.4. The second kappa shape index (κ2) is 4.78. The summed E-state index contributed by atoms with van der Waals surface area (Å²) in [6, 6.07) is 3.98. The fraction of sp³-hybridized carbons (Fsp3) is 0.308. The van der Waals surface area contributed by atoms with Crippen LogP contribution in [0.15, 0.2) is 29.8 Å². The molecule has 0 heterocycles. The van der Waals surface area contributed by atoms with Crippen molar-refractivity contribution in [2.45, 2.75) is 20.8 Å². The summed E-state index contributed by atoms with van der Waals surface area (Å²) in [4.78, 5) is 4.48. The summed E-state index contributed by atoms with van der Waals surface area (Å²) in [5.74, 6) is 0.805. The predicted molar refractivity (Wildman–Crippen MR) is 65.4 cm³/mol. The van der Waals surface area contributed by atoms with Crippen molar-refractivity contribution in [1.29, 1.82) is 0 Å². The van der Waals surface area contributed by atoms with Crippen LogP contribution in [0.2, 0.25) is 0 Å². The van der Waals surface area contributed by atoms with Gasteiger partial charge < -0.3 is 4.74 Å². The van der Waals surface area contributed by atoms with Crippen LogP contribution in [0.4, 0.5) is 5.69 Å². The molecule has 0 bridgehead atoms. The number of aryl methyl sites for hydroxylation is 1. The fourth-order valence-corrected chi connectivity index (χ4v) is 1.30. The zero-order valence-electron chi connectivity index (χ0n) is 9.79. The number of methoxy groups -OCH3 is 1. The summed E-state index contributed by atoms with van der Waals surface area (Å²) in [5.41, 5.74) is 4.15. The molecule has 80 valence electrons. The molecule has 0 aromatic heterocycles. The van der Waals surface area contributed by atoms with E-state index < -0.39 is 0 Å². The van der Waals surface area contributed by atoms with Gasteiger partial charge >= 0.3 is 0 Å². The summed E-state index contributed by atoms with van der Waals surface area (Å²) >= 11 is 0. The summed E-state index contributed by atoms with van der Waals surface area (Å²) in [6.45, 7) is 9.73. The number of aliphatic imine (C=N–C) groups is 1. The molecular formula is C13H17NO. The van der Waals surface area contributed by atoms with Crippen LogP contribution in [-0.2, 0) is 0 Å². The molecule has 0 atom stereocenters. The van der Waals surface area contributed by atoms with E-state index in [1.165, 1.54) is 5.56 Å². The molecule has 2 nitrogen and oxygen atoms in total. The van der Waals surface area contributed by atoms with E-state index >= 15 is 0 Å². The average Bonchev–Trinajstić information content (AvgIpc) is 2.25. The molecule has 0 aliphatic carbocycles. The first-order chi connectivity index (χ1) is 7.10. The normalized spacial score (nSPS) is 11.3. The predicted octanol–water partition coefficient (Wildman–Crippen LogP) is 3.59. The monoisotopic (exact) mass is 203 g/mol. The number of allylic oxidation sites excluding steroid dienone is 1. The Bertz CT molecular complexity index is 405. The van der Waals surface area contributed by atoms with Crippen LogP contribution in [0.25, 0.3) is 0 Å². The largest absolute Gasteiger partial charge is 0.494 e. The Balaban J connectivity index is 3.36. The van der Waals surface area contributed by atoms with Gasteiger partial charge in [-0.3, -0.25) is 0 Å².